The number of carbonyl (C=O) groups excluding carboxylic acids is 1. The van der Waals surface area contributed by atoms with Crippen molar-refractivity contribution in [3.8, 4) is 0 Å². The Kier molecular flexibility index (Phi) is 5.24. The molecule has 6 heteroatoms. The van der Waals surface area contributed by atoms with E-state index >= 15 is 0 Å². The second kappa shape index (κ2) is 6.95. The summed E-state index contributed by atoms with van der Waals surface area (Å²) in [5, 5.41) is 5.74. The van der Waals surface area contributed by atoms with Gasteiger partial charge in [-0.1, -0.05) is 0 Å². The molecule has 0 aromatic heterocycles. The number of amides is 1. The Morgan fingerprint density at radius 2 is 1.86 bits per heavy atom. The summed E-state index contributed by atoms with van der Waals surface area (Å²) in [5.41, 5.74) is 2.21. The zero-order chi connectivity index (χ0) is 15.4. The highest BCUT2D eigenvalue weighted by Gasteiger charge is 2.09. The lowest BCUT2D eigenvalue weighted by molar-refractivity contribution is 0.0977. The van der Waals surface area contributed by atoms with Crippen molar-refractivity contribution in [2.24, 2.45) is 0 Å². The topological polar surface area (TPSA) is 41.1 Å². The summed E-state index contributed by atoms with van der Waals surface area (Å²) in [6.07, 6.45) is 0. The number of thiocarbonyl (C=S) groups is 1. The van der Waals surface area contributed by atoms with Crippen LogP contribution in [0, 0.1) is 16.3 Å². The van der Waals surface area contributed by atoms with Crippen LogP contribution in [0.25, 0.3) is 0 Å². The van der Waals surface area contributed by atoms with E-state index in [-0.39, 0.29) is 16.8 Å². The number of hydrogen-bond donors (Lipinski definition) is 2. The molecule has 0 bridgehead atoms. The first-order valence-corrected chi connectivity index (χ1v) is 7.58. The van der Waals surface area contributed by atoms with Crippen molar-refractivity contribution in [3.05, 3.63) is 63.0 Å². The van der Waals surface area contributed by atoms with E-state index in [1.165, 1.54) is 24.3 Å². The highest BCUT2D eigenvalue weighted by atomic mass is 127. The fourth-order valence-electron chi connectivity index (χ4n) is 1.70. The van der Waals surface area contributed by atoms with E-state index in [1.807, 2.05) is 25.1 Å². The van der Waals surface area contributed by atoms with Gasteiger partial charge in [0.05, 0.1) is 0 Å². The maximum absolute atomic E-state index is 12.8. The van der Waals surface area contributed by atoms with Gasteiger partial charge in [-0.25, -0.2) is 4.39 Å². The van der Waals surface area contributed by atoms with Crippen molar-refractivity contribution < 1.29 is 9.18 Å². The molecule has 0 saturated heterocycles. The van der Waals surface area contributed by atoms with Gasteiger partial charge in [0.2, 0.25) is 0 Å². The number of rotatable bonds is 2. The molecule has 0 radical (unpaired) electrons. The second-order valence-electron chi connectivity index (χ2n) is 4.37. The number of halogens is 2. The molecule has 21 heavy (non-hydrogen) atoms. The minimum Gasteiger partial charge on any atom is -0.332 e. The van der Waals surface area contributed by atoms with Gasteiger partial charge < -0.3 is 5.32 Å². The van der Waals surface area contributed by atoms with Gasteiger partial charge in [0.25, 0.3) is 5.91 Å². The van der Waals surface area contributed by atoms with Crippen LogP contribution in [0.2, 0.25) is 0 Å². The zero-order valence-electron chi connectivity index (χ0n) is 11.1. The predicted molar refractivity (Wildman–Crippen MR) is 94.0 cm³/mol. The van der Waals surface area contributed by atoms with Crippen LogP contribution in [0.3, 0.4) is 0 Å². The fourth-order valence-corrected chi connectivity index (χ4v) is 2.55. The standard InChI is InChI=1S/C15H12FIN2OS/c1-9-8-12(17)6-7-13(9)18-15(21)19-14(20)10-2-4-11(16)5-3-10/h2-8H,1H3,(H2,18,19,20,21). The lowest BCUT2D eigenvalue weighted by Gasteiger charge is -2.12. The number of benzene rings is 2. The van der Waals surface area contributed by atoms with Crippen LogP contribution in [0.15, 0.2) is 42.5 Å². The number of nitrogens with one attached hydrogen (secondary N) is 2. The lowest BCUT2D eigenvalue weighted by Crippen LogP contribution is -2.34. The number of carbonyl (C=O) groups is 1. The maximum atomic E-state index is 12.8. The van der Waals surface area contributed by atoms with Crippen molar-refractivity contribution in [1.82, 2.24) is 5.32 Å². The van der Waals surface area contributed by atoms with Crippen LogP contribution in [-0.2, 0) is 0 Å². The average molecular weight is 414 g/mol. The maximum Gasteiger partial charge on any atom is 0.257 e. The Labute approximate surface area is 141 Å². The highest BCUT2D eigenvalue weighted by Crippen LogP contribution is 2.17. The third-order valence-electron chi connectivity index (χ3n) is 2.77. The molecule has 2 aromatic rings. The molecule has 1 amide bonds. The quantitative estimate of drug-likeness (QED) is 0.579. The third kappa shape index (κ3) is 4.47. The monoisotopic (exact) mass is 414 g/mol. The molecule has 2 rings (SSSR count). The molecule has 0 aliphatic rings. The van der Waals surface area contributed by atoms with E-state index in [0.717, 1.165) is 14.8 Å². The van der Waals surface area contributed by atoms with E-state index in [1.54, 1.807) is 0 Å². The molecule has 2 aromatic carbocycles. The first-order valence-electron chi connectivity index (χ1n) is 6.10. The van der Waals surface area contributed by atoms with Crippen LogP contribution < -0.4 is 10.6 Å². The van der Waals surface area contributed by atoms with Gasteiger partial charge in [-0.2, -0.15) is 0 Å². The van der Waals surface area contributed by atoms with E-state index in [9.17, 15) is 9.18 Å². The summed E-state index contributed by atoms with van der Waals surface area (Å²) in [6, 6.07) is 11.1. The van der Waals surface area contributed by atoms with E-state index in [0.29, 0.717) is 5.56 Å². The molecule has 0 fully saturated rings. The first kappa shape index (κ1) is 15.8. The normalized spacial score (nSPS) is 10.0. The van der Waals surface area contributed by atoms with Crippen molar-refractivity contribution in [1.29, 1.82) is 0 Å². The first-order chi connectivity index (χ1) is 9.95. The molecule has 108 valence electrons. The minimum absolute atomic E-state index is 0.202. The second-order valence-corrected chi connectivity index (χ2v) is 6.03. The molecule has 0 heterocycles. The average Bonchev–Trinajstić information content (AvgIpc) is 2.42. The summed E-state index contributed by atoms with van der Waals surface area (Å²) in [5.74, 6) is -0.766. The Hall–Kier alpha value is -1.54. The fraction of sp³-hybridized carbons (Fsp3) is 0.0667. The molecular weight excluding hydrogens is 402 g/mol. The van der Waals surface area contributed by atoms with E-state index in [4.69, 9.17) is 12.2 Å². The SMILES string of the molecule is Cc1cc(I)ccc1NC(=S)NC(=O)c1ccc(F)cc1. The summed E-state index contributed by atoms with van der Waals surface area (Å²) in [4.78, 5) is 11.9. The molecule has 0 spiro atoms. The summed E-state index contributed by atoms with van der Waals surface area (Å²) >= 11 is 7.34. The van der Waals surface area contributed by atoms with Crippen molar-refractivity contribution in [2.75, 3.05) is 5.32 Å². The van der Waals surface area contributed by atoms with Gasteiger partial charge in [0, 0.05) is 14.8 Å². The van der Waals surface area contributed by atoms with Gasteiger partial charge in [-0.3, -0.25) is 10.1 Å². The van der Waals surface area contributed by atoms with E-state index in [2.05, 4.69) is 33.2 Å². The predicted octanol–water partition coefficient (Wildman–Crippen LogP) is 3.87. The summed E-state index contributed by atoms with van der Waals surface area (Å²) in [6.45, 7) is 1.95. The van der Waals surface area contributed by atoms with Gasteiger partial charge >= 0.3 is 0 Å². The summed E-state index contributed by atoms with van der Waals surface area (Å²) in [7, 11) is 0. The molecule has 2 N–H and O–H groups in total. The molecule has 3 nitrogen and oxygen atoms in total. The molecule has 0 atom stereocenters. The van der Waals surface area contributed by atoms with Crippen LogP contribution in [-0.4, -0.2) is 11.0 Å². The van der Waals surface area contributed by atoms with Gasteiger partial charge in [-0.15, -0.1) is 0 Å². The van der Waals surface area contributed by atoms with E-state index < -0.39 is 0 Å². The number of anilines is 1. The molecule has 0 saturated carbocycles. The van der Waals surface area contributed by atoms with Crippen LogP contribution in [0.1, 0.15) is 15.9 Å². The molecule has 0 unspecified atom stereocenters. The van der Waals surface area contributed by atoms with Gasteiger partial charge in [0.15, 0.2) is 5.11 Å². The minimum atomic E-state index is -0.387. The zero-order valence-corrected chi connectivity index (χ0v) is 14.1. The Morgan fingerprint density at radius 1 is 1.19 bits per heavy atom. The Balaban J connectivity index is 2.01. The molecular formula is C15H12FIN2OS. The van der Waals surface area contributed by atoms with Gasteiger partial charge in [-0.05, 0) is 89.8 Å². The number of aryl methyl sites for hydroxylation is 1. The Bertz CT molecular complexity index is 689. The van der Waals surface area contributed by atoms with Crippen LogP contribution >= 0.6 is 34.8 Å². The van der Waals surface area contributed by atoms with Gasteiger partial charge in [0.1, 0.15) is 5.82 Å². The van der Waals surface area contributed by atoms with Crippen LogP contribution in [0.5, 0.6) is 0 Å². The third-order valence-corrected chi connectivity index (χ3v) is 3.65. The lowest BCUT2D eigenvalue weighted by atomic mass is 10.2. The van der Waals surface area contributed by atoms with Crippen LogP contribution in [0.4, 0.5) is 10.1 Å². The van der Waals surface area contributed by atoms with Crippen molar-refractivity contribution in [2.45, 2.75) is 6.92 Å². The smallest absolute Gasteiger partial charge is 0.257 e. The number of hydrogen-bond acceptors (Lipinski definition) is 2. The summed E-state index contributed by atoms with van der Waals surface area (Å²) < 4.78 is 13.9. The molecule has 0 aliphatic carbocycles. The highest BCUT2D eigenvalue weighted by molar-refractivity contribution is 14.1. The largest absolute Gasteiger partial charge is 0.332 e. The van der Waals surface area contributed by atoms with Crippen molar-refractivity contribution in [3.63, 3.8) is 0 Å². The molecule has 0 aliphatic heterocycles. The van der Waals surface area contributed by atoms with Crippen molar-refractivity contribution >= 4 is 51.5 Å². The Morgan fingerprint density at radius 3 is 2.48 bits per heavy atom.